The first kappa shape index (κ1) is 13.5. The number of carbonyl (C=O) groups is 2. The summed E-state index contributed by atoms with van der Waals surface area (Å²) in [5, 5.41) is 6.06. The number of benzene rings is 1. The Morgan fingerprint density at radius 3 is 2.74 bits per heavy atom. The molecule has 1 aromatic rings. The number of rotatable bonds is 4. The molecule has 0 radical (unpaired) electrons. The highest BCUT2D eigenvalue weighted by atomic mass is 16.2. The van der Waals surface area contributed by atoms with E-state index in [-0.39, 0.29) is 11.3 Å². The number of primary amides is 1. The third kappa shape index (κ3) is 2.61. The lowest BCUT2D eigenvalue weighted by atomic mass is 9.83. The fraction of sp³-hybridized carbons (Fsp3) is 0.429. The second-order valence-electron chi connectivity index (χ2n) is 4.92. The van der Waals surface area contributed by atoms with Crippen LogP contribution in [0.15, 0.2) is 24.3 Å². The van der Waals surface area contributed by atoms with E-state index in [1.54, 1.807) is 24.3 Å². The van der Waals surface area contributed by atoms with Gasteiger partial charge in [0.15, 0.2) is 0 Å². The van der Waals surface area contributed by atoms with E-state index in [1.807, 2.05) is 6.92 Å². The number of anilines is 1. The molecule has 0 bridgehead atoms. The molecule has 2 rings (SSSR count). The smallest absolute Gasteiger partial charge is 0.250 e. The molecule has 4 N–H and O–H groups in total. The maximum absolute atomic E-state index is 12.4. The molecule has 1 saturated heterocycles. The van der Waals surface area contributed by atoms with Crippen LogP contribution >= 0.6 is 0 Å². The van der Waals surface area contributed by atoms with Gasteiger partial charge >= 0.3 is 0 Å². The molecule has 102 valence electrons. The van der Waals surface area contributed by atoms with Crippen LogP contribution < -0.4 is 16.4 Å². The Bertz CT molecular complexity index is 493. The summed E-state index contributed by atoms with van der Waals surface area (Å²) in [6.45, 7) is 3.53. The van der Waals surface area contributed by atoms with Gasteiger partial charge in [0.2, 0.25) is 5.91 Å². The number of carbonyl (C=O) groups excluding carboxylic acids is 2. The summed E-state index contributed by atoms with van der Waals surface area (Å²) in [4.78, 5) is 23.8. The summed E-state index contributed by atoms with van der Waals surface area (Å²) in [7, 11) is 0. The van der Waals surface area contributed by atoms with Gasteiger partial charge in [-0.3, -0.25) is 9.59 Å². The van der Waals surface area contributed by atoms with Crippen LogP contribution in [0.1, 0.15) is 30.1 Å². The van der Waals surface area contributed by atoms with Gasteiger partial charge in [0, 0.05) is 6.54 Å². The number of amides is 2. The van der Waals surface area contributed by atoms with Gasteiger partial charge in [-0.15, -0.1) is 0 Å². The number of para-hydroxylation sites is 1. The van der Waals surface area contributed by atoms with E-state index in [9.17, 15) is 9.59 Å². The van der Waals surface area contributed by atoms with Crippen molar-refractivity contribution in [3.8, 4) is 0 Å². The molecule has 0 aliphatic carbocycles. The van der Waals surface area contributed by atoms with E-state index in [0.717, 1.165) is 19.4 Å². The summed E-state index contributed by atoms with van der Waals surface area (Å²) < 4.78 is 0. The third-order valence-corrected chi connectivity index (χ3v) is 3.84. The highest BCUT2D eigenvalue weighted by Gasteiger charge is 2.39. The molecule has 1 fully saturated rings. The zero-order chi connectivity index (χ0) is 13.9. The highest BCUT2D eigenvalue weighted by Crippen LogP contribution is 2.31. The quantitative estimate of drug-likeness (QED) is 0.759. The average Bonchev–Trinajstić information content (AvgIpc) is 2.89. The molecule has 1 unspecified atom stereocenters. The van der Waals surface area contributed by atoms with Crippen LogP contribution in [0.3, 0.4) is 0 Å². The van der Waals surface area contributed by atoms with Crippen molar-refractivity contribution in [2.24, 2.45) is 11.1 Å². The van der Waals surface area contributed by atoms with Gasteiger partial charge in [0.05, 0.1) is 16.7 Å². The van der Waals surface area contributed by atoms with Gasteiger partial charge in [0.1, 0.15) is 0 Å². The first-order chi connectivity index (χ1) is 9.09. The second kappa shape index (κ2) is 5.40. The van der Waals surface area contributed by atoms with Crippen LogP contribution in [0.5, 0.6) is 0 Å². The molecule has 1 aromatic carbocycles. The molecule has 5 nitrogen and oxygen atoms in total. The minimum atomic E-state index is -0.536. The van der Waals surface area contributed by atoms with E-state index < -0.39 is 5.91 Å². The molecular weight excluding hydrogens is 242 g/mol. The van der Waals surface area contributed by atoms with Crippen molar-refractivity contribution in [1.82, 2.24) is 5.32 Å². The van der Waals surface area contributed by atoms with Crippen LogP contribution in [0, 0.1) is 5.41 Å². The lowest BCUT2D eigenvalue weighted by molar-refractivity contribution is -0.124. The van der Waals surface area contributed by atoms with E-state index >= 15 is 0 Å². The van der Waals surface area contributed by atoms with Crippen LogP contribution in [0.2, 0.25) is 0 Å². The lowest BCUT2D eigenvalue weighted by Crippen LogP contribution is -2.38. The minimum absolute atomic E-state index is 0.0475. The first-order valence-electron chi connectivity index (χ1n) is 6.50. The van der Waals surface area contributed by atoms with Crippen LogP contribution in [0.4, 0.5) is 5.69 Å². The van der Waals surface area contributed by atoms with Crippen molar-refractivity contribution in [2.45, 2.75) is 19.8 Å². The fourth-order valence-corrected chi connectivity index (χ4v) is 2.46. The molecule has 0 spiro atoms. The topological polar surface area (TPSA) is 84.2 Å². The van der Waals surface area contributed by atoms with Crippen molar-refractivity contribution in [1.29, 1.82) is 0 Å². The summed E-state index contributed by atoms with van der Waals surface area (Å²) in [5.41, 5.74) is 5.75. The Kier molecular flexibility index (Phi) is 3.85. The van der Waals surface area contributed by atoms with Gasteiger partial charge in [-0.05, 0) is 31.5 Å². The molecular formula is C14H19N3O2. The Morgan fingerprint density at radius 2 is 2.16 bits per heavy atom. The van der Waals surface area contributed by atoms with Crippen molar-refractivity contribution in [3.63, 3.8) is 0 Å². The van der Waals surface area contributed by atoms with Gasteiger partial charge in [-0.25, -0.2) is 0 Å². The van der Waals surface area contributed by atoms with Crippen molar-refractivity contribution >= 4 is 17.5 Å². The maximum Gasteiger partial charge on any atom is 0.250 e. The predicted octanol–water partition coefficient (Wildman–Crippen LogP) is 1.11. The van der Waals surface area contributed by atoms with Crippen molar-refractivity contribution in [3.05, 3.63) is 29.8 Å². The SMILES string of the molecule is CCC1(C(=O)Nc2ccccc2C(N)=O)CCNC1. The number of nitrogens with two attached hydrogens (primary N) is 1. The normalized spacial score (nSPS) is 22.2. The van der Waals surface area contributed by atoms with Crippen LogP contribution in [-0.4, -0.2) is 24.9 Å². The molecule has 1 aliphatic rings. The Balaban J connectivity index is 2.21. The summed E-state index contributed by atoms with van der Waals surface area (Å²) in [6.07, 6.45) is 1.58. The van der Waals surface area contributed by atoms with Gasteiger partial charge in [-0.1, -0.05) is 19.1 Å². The van der Waals surface area contributed by atoms with Gasteiger partial charge in [0.25, 0.3) is 5.91 Å². The van der Waals surface area contributed by atoms with E-state index in [0.29, 0.717) is 17.8 Å². The first-order valence-corrected chi connectivity index (χ1v) is 6.50. The maximum atomic E-state index is 12.4. The zero-order valence-electron chi connectivity index (χ0n) is 11.0. The Morgan fingerprint density at radius 1 is 1.42 bits per heavy atom. The molecule has 2 amide bonds. The molecule has 19 heavy (non-hydrogen) atoms. The largest absolute Gasteiger partial charge is 0.366 e. The van der Waals surface area contributed by atoms with Gasteiger partial charge in [-0.2, -0.15) is 0 Å². The predicted molar refractivity (Wildman–Crippen MR) is 73.8 cm³/mol. The van der Waals surface area contributed by atoms with Crippen LogP contribution in [0.25, 0.3) is 0 Å². The summed E-state index contributed by atoms with van der Waals surface area (Å²) in [5.74, 6) is -0.584. The molecule has 0 aromatic heterocycles. The highest BCUT2D eigenvalue weighted by molar-refractivity contribution is 6.04. The minimum Gasteiger partial charge on any atom is -0.366 e. The monoisotopic (exact) mass is 261 g/mol. The number of hydrogen-bond donors (Lipinski definition) is 3. The van der Waals surface area contributed by atoms with E-state index in [4.69, 9.17) is 5.73 Å². The zero-order valence-corrected chi connectivity index (χ0v) is 11.0. The van der Waals surface area contributed by atoms with Crippen LogP contribution in [-0.2, 0) is 4.79 Å². The summed E-state index contributed by atoms with van der Waals surface area (Å²) >= 11 is 0. The Labute approximate surface area is 112 Å². The van der Waals surface area contributed by atoms with Crippen molar-refractivity contribution in [2.75, 3.05) is 18.4 Å². The Hall–Kier alpha value is -1.88. The van der Waals surface area contributed by atoms with Crippen molar-refractivity contribution < 1.29 is 9.59 Å². The standard InChI is InChI=1S/C14H19N3O2/c1-2-14(7-8-16-9-14)13(19)17-11-6-4-3-5-10(11)12(15)18/h3-6,16H,2,7-9H2,1H3,(H2,15,18)(H,17,19). The molecule has 0 saturated carbocycles. The fourth-order valence-electron chi connectivity index (χ4n) is 2.46. The molecule has 1 atom stereocenters. The number of nitrogens with one attached hydrogen (secondary N) is 2. The number of hydrogen-bond acceptors (Lipinski definition) is 3. The third-order valence-electron chi connectivity index (χ3n) is 3.84. The summed E-state index contributed by atoms with van der Waals surface area (Å²) in [6, 6.07) is 6.81. The average molecular weight is 261 g/mol. The lowest BCUT2D eigenvalue weighted by Gasteiger charge is -2.25. The molecule has 1 aliphatic heterocycles. The second-order valence-corrected chi connectivity index (χ2v) is 4.92. The van der Waals surface area contributed by atoms with E-state index in [2.05, 4.69) is 10.6 Å². The molecule has 5 heteroatoms. The van der Waals surface area contributed by atoms with E-state index in [1.165, 1.54) is 0 Å². The molecule has 1 heterocycles. The van der Waals surface area contributed by atoms with Gasteiger partial charge < -0.3 is 16.4 Å².